The second-order valence-corrected chi connectivity index (χ2v) is 4.04. The molecule has 2 aromatic rings. The van der Waals surface area contributed by atoms with Crippen LogP contribution in [0.5, 0.6) is 0 Å². The number of carbonyl (C=O) groups excluding carboxylic acids is 1. The van der Waals surface area contributed by atoms with Gasteiger partial charge in [0.2, 0.25) is 0 Å². The van der Waals surface area contributed by atoms with Crippen LogP contribution in [-0.4, -0.2) is 23.0 Å². The van der Waals surface area contributed by atoms with E-state index in [1.165, 1.54) is 7.11 Å². The van der Waals surface area contributed by atoms with Gasteiger partial charge in [-0.3, -0.25) is 4.79 Å². The molecule has 0 saturated carbocycles. The molecule has 0 fully saturated rings. The van der Waals surface area contributed by atoms with Crippen molar-refractivity contribution in [1.29, 1.82) is 0 Å². The van der Waals surface area contributed by atoms with Crippen LogP contribution < -0.4 is 0 Å². The number of rotatable bonds is 3. The summed E-state index contributed by atoms with van der Waals surface area (Å²) in [5.74, 6) is 0.154. The summed E-state index contributed by atoms with van der Waals surface area (Å²) in [6, 6.07) is 5.77. The second kappa shape index (κ2) is 4.85. The molecule has 16 heavy (non-hydrogen) atoms. The Balaban J connectivity index is 2.23. The highest BCUT2D eigenvalue weighted by molar-refractivity contribution is 7.13. The Kier molecular flexibility index (Phi) is 3.26. The molecule has 0 bridgehead atoms. The van der Waals surface area contributed by atoms with Crippen LogP contribution >= 0.6 is 11.3 Å². The predicted molar refractivity (Wildman–Crippen MR) is 61.1 cm³/mol. The lowest BCUT2D eigenvalue weighted by Gasteiger charge is -2.00. The minimum Gasteiger partial charge on any atom is -0.469 e. The van der Waals surface area contributed by atoms with Crippen molar-refractivity contribution in [1.82, 2.24) is 9.97 Å². The topological polar surface area (TPSA) is 52.1 Å². The van der Waals surface area contributed by atoms with Crippen LogP contribution in [0, 0.1) is 0 Å². The first-order chi connectivity index (χ1) is 7.79. The maximum absolute atomic E-state index is 11.1. The minimum atomic E-state index is -0.330. The average molecular weight is 234 g/mol. The number of nitrogens with zero attached hydrogens (tertiary/aromatic N) is 2. The zero-order valence-electron chi connectivity index (χ0n) is 8.71. The first-order valence-electron chi connectivity index (χ1n) is 4.72. The Morgan fingerprint density at radius 1 is 1.50 bits per heavy atom. The van der Waals surface area contributed by atoms with E-state index >= 15 is 0 Å². The third kappa shape index (κ3) is 2.43. The van der Waals surface area contributed by atoms with E-state index in [2.05, 4.69) is 14.7 Å². The molecular weight excluding hydrogens is 224 g/mol. The van der Waals surface area contributed by atoms with Gasteiger partial charge >= 0.3 is 5.97 Å². The third-order valence-corrected chi connectivity index (χ3v) is 2.90. The van der Waals surface area contributed by atoms with E-state index in [1.807, 2.05) is 23.6 Å². The van der Waals surface area contributed by atoms with Crippen LogP contribution in [0.25, 0.3) is 10.6 Å². The van der Waals surface area contributed by atoms with E-state index in [0.29, 0.717) is 5.82 Å². The van der Waals surface area contributed by atoms with E-state index in [4.69, 9.17) is 0 Å². The summed E-state index contributed by atoms with van der Waals surface area (Å²) in [4.78, 5) is 20.5. The molecule has 0 aliphatic carbocycles. The number of ether oxygens (including phenoxy) is 1. The standard InChI is InChI=1S/C11H10N2O2S/c1-15-11(14)7-10-12-5-4-8(13-10)9-3-2-6-16-9/h2-6H,7H2,1H3. The summed E-state index contributed by atoms with van der Waals surface area (Å²) >= 11 is 1.60. The van der Waals surface area contributed by atoms with Crippen molar-refractivity contribution < 1.29 is 9.53 Å². The van der Waals surface area contributed by atoms with Crippen LogP contribution in [0.4, 0.5) is 0 Å². The number of hydrogen-bond donors (Lipinski definition) is 0. The summed E-state index contributed by atoms with van der Waals surface area (Å²) in [6.07, 6.45) is 1.76. The highest BCUT2D eigenvalue weighted by Crippen LogP contribution is 2.21. The Morgan fingerprint density at radius 3 is 3.06 bits per heavy atom. The van der Waals surface area contributed by atoms with Crippen molar-refractivity contribution in [3.8, 4) is 10.6 Å². The maximum atomic E-state index is 11.1. The Morgan fingerprint density at radius 2 is 2.38 bits per heavy atom. The lowest BCUT2D eigenvalue weighted by Crippen LogP contribution is -2.08. The molecule has 0 unspecified atom stereocenters. The van der Waals surface area contributed by atoms with Gasteiger partial charge in [-0.15, -0.1) is 11.3 Å². The zero-order chi connectivity index (χ0) is 11.4. The summed E-state index contributed by atoms with van der Waals surface area (Å²) in [6.45, 7) is 0. The van der Waals surface area contributed by atoms with Gasteiger partial charge in [-0.2, -0.15) is 0 Å². The van der Waals surface area contributed by atoms with Gasteiger partial charge in [0.15, 0.2) is 0 Å². The molecule has 4 nitrogen and oxygen atoms in total. The van der Waals surface area contributed by atoms with Gasteiger partial charge in [0.1, 0.15) is 12.2 Å². The molecule has 0 N–H and O–H groups in total. The van der Waals surface area contributed by atoms with Crippen molar-refractivity contribution in [3.63, 3.8) is 0 Å². The molecule has 0 amide bonds. The molecule has 2 aromatic heterocycles. The monoisotopic (exact) mass is 234 g/mol. The van der Waals surface area contributed by atoms with E-state index in [9.17, 15) is 4.79 Å². The summed E-state index contributed by atoms with van der Waals surface area (Å²) in [7, 11) is 1.35. The van der Waals surface area contributed by atoms with Crippen molar-refractivity contribution in [3.05, 3.63) is 35.6 Å². The second-order valence-electron chi connectivity index (χ2n) is 3.09. The Bertz CT molecular complexity index is 482. The fourth-order valence-corrected chi connectivity index (χ4v) is 1.94. The zero-order valence-corrected chi connectivity index (χ0v) is 9.53. The van der Waals surface area contributed by atoms with Gasteiger partial charge in [0.25, 0.3) is 0 Å². The molecule has 82 valence electrons. The lowest BCUT2D eigenvalue weighted by atomic mass is 10.3. The summed E-state index contributed by atoms with van der Waals surface area (Å²) < 4.78 is 4.57. The average Bonchev–Trinajstić information content (AvgIpc) is 2.83. The molecule has 2 heterocycles. The molecule has 0 aromatic carbocycles. The molecule has 5 heteroatoms. The quantitative estimate of drug-likeness (QED) is 0.761. The van der Waals surface area contributed by atoms with Gasteiger partial charge in [-0.1, -0.05) is 6.07 Å². The number of aromatic nitrogens is 2. The molecule has 2 rings (SSSR count). The maximum Gasteiger partial charge on any atom is 0.313 e. The van der Waals surface area contributed by atoms with Gasteiger partial charge in [0, 0.05) is 6.20 Å². The minimum absolute atomic E-state index is 0.107. The first-order valence-corrected chi connectivity index (χ1v) is 5.60. The third-order valence-electron chi connectivity index (χ3n) is 2.01. The highest BCUT2D eigenvalue weighted by Gasteiger charge is 2.07. The summed E-state index contributed by atoms with van der Waals surface area (Å²) in [5, 5.41) is 1.98. The smallest absolute Gasteiger partial charge is 0.313 e. The molecule has 0 aliphatic heterocycles. The molecular formula is C11H10N2O2S. The normalized spacial score (nSPS) is 10.1. The van der Waals surface area contributed by atoms with E-state index in [0.717, 1.165) is 10.6 Å². The molecule has 0 saturated heterocycles. The number of hydrogen-bond acceptors (Lipinski definition) is 5. The van der Waals surface area contributed by atoms with Gasteiger partial charge in [-0.25, -0.2) is 9.97 Å². The van der Waals surface area contributed by atoms with Crippen molar-refractivity contribution in [2.45, 2.75) is 6.42 Å². The van der Waals surface area contributed by atoms with Crippen molar-refractivity contribution in [2.24, 2.45) is 0 Å². The van der Waals surface area contributed by atoms with Gasteiger partial charge in [0.05, 0.1) is 17.7 Å². The number of esters is 1. The van der Waals surface area contributed by atoms with Crippen LogP contribution in [0.2, 0.25) is 0 Å². The Labute approximate surface area is 96.9 Å². The van der Waals surface area contributed by atoms with Gasteiger partial charge in [-0.05, 0) is 17.5 Å². The van der Waals surface area contributed by atoms with E-state index in [-0.39, 0.29) is 12.4 Å². The van der Waals surface area contributed by atoms with Crippen molar-refractivity contribution in [2.75, 3.05) is 7.11 Å². The van der Waals surface area contributed by atoms with Crippen LogP contribution in [0.15, 0.2) is 29.8 Å². The van der Waals surface area contributed by atoms with Crippen molar-refractivity contribution >= 4 is 17.3 Å². The lowest BCUT2D eigenvalue weighted by molar-refractivity contribution is -0.139. The van der Waals surface area contributed by atoms with Crippen LogP contribution in [0.3, 0.4) is 0 Å². The first kappa shape index (κ1) is 10.8. The number of thiophene rings is 1. The summed E-state index contributed by atoms with van der Waals surface area (Å²) in [5.41, 5.74) is 0.837. The van der Waals surface area contributed by atoms with Gasteiger partial charge < -0.3 is 4.74 Å². The molecule has 0 aliphatic rings. The number of methoxy groups -OCH3 is 1. The SMILES string of the molecule is COC(=O)Cc1nccc(-c2cccs2)n1. The number of carbonyl (C=O) groups is 1. The van der Waals surface area contributed by atoms with Crippen LogP contribution in [-0.2, 0) is 16.0 Å². The van der Waals surface area contributed by atoms with E-state index < -0.39 is 0 Å². The molecule has 0 atom stereocenters. The fraction of sp³-hybridized carbons (Fsp3) is 0.182. The molecule has 0 spiro atoms. The Hall–Kier alpha value is -1.75. The predicted octanol–water partition coefficient (Wildman–Crippen LogP) is 1.92. The largest absolute Gasteiger partial charge is 0.469 e. The van der Waals surface area contributed by atoms with E-state index in [1.54, 1.807) is 17.5 Å². The highest BCUT2D eigenvalue weighted by atomic mass is 32.1. The fourth-order valence-electron chi connectivity index (χ4n) is 1.25. The van der Waals surface area contributed by atoms with Crippen LogP contribution in [0.1, 0.15) is 5.82 Å². The molecule has 0 radical (unpaired) electrons.